The van der Waals surface area contributed by atoms with E-state index in [9.17, 15) is 8.42 Å². The van der Waals surface area contributed by atoms with Crippen molar-refractivity contribution in [3.63, 3.8) is 0 Å². The van der Waals surface area contributed by atoms with Crippen LogP contribution in [0.15, 0.2) is 36.5 Å². The van der Waals surface area contributed by atoms with Gasteiger partial charge in [-0.05, 0) is 0 Å². The van der Waals surface area contributed by atoms with Crippen molar-refractivity contribution in [1.29, 1.82) is 0 Å². The fraction of sp³-hybridized carbons (Fsp3) is 0.0909. The second kappa shape index (κ2) is 4.91. The molecule has 0 unspecified atom stereocenters. The standard InChI is InChI=1S/C11H10ClN3O2S/c1-18(16,17)15-11-10(12)13-7-9(14-11)8-5-3-2-4-6-8/h2-7H,1H3,(H,14,15). The molecule has 0 aliphatic rings. The summed E-state index contributed by atoms with van der Waals surface area (Å²) in [6, 6.07) is 9.29. The lowest BCUT2D eigenvalue weighted by Crippen LogP contribution is -2.12. The molecule has 18 heavy (non-hydrogen) atoms. The van der Waals surface area contributed by atoms with Crippen molar-refractivity contribution in [3.05, 3.63) is 41.7 Å². The van der Waals surface area contributed by atoms with Gasteiger partial charge in [-0.1, -0.05) is 41.9 Å². The van der Waals surface area contributed by atoms with Crippen LogP contribution in [-0.4, -0.2) is 24.6 Å². The highest BCUT2D eigenvalue weighted by molar-refractivity contribution is 7.92. The normalized spacial score (nSPS) is 11.2. The molecule has 0 spiro atoms. The van der Waals surface area contributed by atoms with E-state index < -0.39 is 10.0 Å². The first-order valence-electron chi connectivity index (χ1n) is 5.01. The number of hydrogen-bond donors (Lipinski definition) is 1. The Kier molecular flexibility index (Phi) is 3.49. The van der Waals surface area contributed by atoms with Crippen molar-refractivity contribution in [2.45, 2.75) is 0 Å². The van der Waals surface area contributed by atoms with Gasteiger partial charge in [0.1, 0.15) is 0 Å². The molecule has 1 aromatic carbocycles. The van der Waals surface area contributed by atoms with Crippen molar-refractivity contribution >= 4 is 27.4 Å². The average molecular weight is 284 g/mol. The lowest BCUT2D eigenvalue weighted by atomic mass is 10.2. The molecule has 0 aliphatic heterocycles. The van der Waals surface area contributed by atoms with E-state index in [0.717, 1.165) is 11.8 Å². The van der Waals surface area contributed by atoms with Crippen molar-refractivity contribution in [2.24, 2.45) is 0 Å². The molecular weight excluding hydrogens is 274 g/mol. The molecule has 0 saturated carbocycles. The molecule has 2 aromatic rings. The molecule has 0 atom stereocenters. The summed E-state index contributed by atoms with van der Waals surface area (Å²) < 4.78 is 24.6. The monoisotopic (exact) mass is 283 g/mol. The molecule has 0 radical (unpaired) electrons. The number of aromatic nitrogens is 2. The number of halogens is 1. The van der Waals surface area contributed by atoms with Crippen LogP contribution in [0.25, 0.3) is 11.3 Å². The van der Waals surface area contributed by atoms with Crippen LogP contribution in [0.4, 0.5) is 5.82 Å². The first-order chi connectivity index (χ1) is 8.46. The van der Waals surface area contributed by atoms with Gasteiger partial charge < -0.3 is 0 Å². The molecule has 1 N–H and O–H groups in total. The minimum Gasteiger partial charge on any atom is -0.265 e. The topological polar surface area (TPSA) is 72.0 Å². The van der Waals surface area contributed by atoms with Crippen molar-refractivity contribution in [2.75, 3.05) is 11.0 Å². The van der Waals surface area contributed by atoms with Gasteiger partial charge in [0.05, 0.1) is 18.1 Å². The Bertz CT molecular complexity index is 659. The Hall–Kier alpha value is -1.66. The molecule has 1 aromatic heterocycles. The van der Waals surface area contributed by atoms with Crippen LogP contribution in [0, 0.1) is 0 Å². The third-order valence-electron chi connectivity index (χ3n) is 2.08. The highest BCUT2D eigenvalue weighted by Gasteiger charge is 2.10. The summed E-state index contributed by atoms with van der Waals surface area (Å²) in [6.45, 7) is 0. The molecule has 0 aliphatic carbocycles. The lowest BCUT2D eigenvalue weighted by Gasteiger charge is -2.07. The maximum Gasteiger partial charge on any atom is 0.231 e. The summed E-state index contributed by atoms with van der Waals surface area (Å²) >= 11 is 5.79. The van der Waals surface area contributed by atoms with Gasteiger partial charge in [0, 0.05) is 5.56 Å². The van der Waals surface area contributed by atoms with E-state index in [1.165, 1.54) is 6.20 Å². The number of rotatable bonds is 3. The van der Waals surface area contributed by atoms with E-state index in [4.69, 9.17) is 11.6 Å². The molecule has 2 rings (SSSR count). The molecule has 0 amide bonds. The van der Waals surface area contributed by atoms with E-state index in [0.29, 0.717) is 5.69 Å². The number of hydrogen-bond acceptors (Lipinski definition) is 4. The van der Waals surface area contributed by atoms with Gasteiger partial charge in [0.25, 0.3) is 0 Å². The molecule has 5 nitrogen and oxygen atoms in total. The zero-order valence-electron chi connectivity index (χ0n) is 9.46. The van der Waals surface area contributed by atoms with E-state index >= 15 is 0 Å². The molecule has 1 heterocycles. The predicted molar refractivity (Wildman–Crippen MR) is 70.9 cm³/mol. The van der Waals surface area contributed by atoms with E-state index in [1.54, 1.807) is 0 Å². The Morgan fingerprint density at radius 2 is 1.89 bits per heavy atom. The quantitative estimate of drug-likeness (QED) is 0.937. The van der Waals surface area contributed by atoms with Crippen LogP contribution < -0.4 is 4.72 Å². The third kappa shape index (κ3) is 3.18. The highest BCUT2D eigenvalue weighted by Crippen LogP contribution is 2.22. The van der Waals surface area contributed by atoms with Gasteiger partial charge >= 0.3 is 0 Å². The second-order valence-electron chi connectivity index (χ2n) is 3.63. The van der Waals surface area contributed by atoms with Crippen LogP contribution in [0.1, 0.15) is 0 Å². The van der Waals surface area contributed by atoms with Crippen LogP contribution in [0.5, 0.6) is 0 Å². The summed E-state index contributed by atoms with van der Waals surface area (Å²) in [5.41, 5.74) is 1.38. The molecule has 0 bridgehead atoms. The molecule has 0 fully saturated rings. The van der Waals surface area contributed by atoms with Gasteiger partial charge in [-0.2, -0.15) is 0 Å². The van der Waals surface area contributed by atoms with Gasteiger partial charge in [0.15, 0.2) is 11.0 Å². The maximum absolute atomic E-state index is 11.2. The van der Waals surface area contributed by atoms with E-state index in [-0.39, 0.29) is 11.0 Å². The molecular formula is C11H10ClN3O2S. The number of sulfonamides is 1. The zero-order valence-corrected chi connectivity index (χ0v) is 11.0. The van der Waals surface area contributed by atoms with Gasteiger partial charge in [-0.15, -0.1) is 0 Å². The second-order valence-corrected chi connectivity index (χ2v) is 5.74. The maximum atomic E-state index is 11.2. The number of anilines is 1. The first kappa shape index (κ1) is 12.8. The van der Waals surface area contributed by atoms with Crippen molar-refractivity contribution < 1.29 is 8.42 Å². The number of nitrogens with zero attached hydrogens (tertiary/aromatic N) is 2. The van der Waals surface area contributed by atoms with Crippen LogP contribution in [0.3, 0.4) is 0 Å². The molecule has 94 valence electrons. The Morgan fingerprint density at radius 1 is 1.22 bits per heavy atom. The number of nitrogens with one attached hydrogen (secondary N) is 1. The van der Waals surface area contributed by atoms with Crippen molar-refractivity contribution in [1.82, 2.24) is 9.97 Å². The molecule has 7 heteroatoms. The summed E-state index contributed by atoms with van der Waals surface area (Å²) in [5, 5.41) is 0.0140. The Labute approximate surface area is 110 Å². The van der Waals surface area contributed by atoms with Gasteiger partial charge in [-0.3, -0.25) is 4.72 Å². The minimum atomic E-state index is -3.44. The van der Waals surface area contributed by atoms with Crippen LogP contribution in [0.2, 0.25) is 5.15 Å². The average Bonchev–Trinajstić information content (AvgIpc) is 2.31. The predicted octanol–water partition coefficient (Wildman–Crippen LogP) is 2.17. The first-order valence-corrected chi connectivity index (χ1v) is 7.28. The largest absolute Gasteiger partial charge is 0.265 e. The number of benzene rings is 1. The molecule has 0 saturated heterocycles. The SMILES string of the molecule is CS(=O)(=O)Nc1nc(-c2ccccc2)cnc1Cl. The third-order valence-corrected chi connectivity index (χ3v) is 2.92. The summed E-state index contributed by atoms with van der Waals surface area (Å²) in [5.74, 6) is 0.0283. The Morgan fingerprint density at radius 3 is 2.50 bits per heavy atom. The Balaban J connectivity index is 2.44. The van der Waals surface area contributed by atoms with Crippen LogP contribution in [-0.2, 0) is 10.0 Å². The summed E-state index contributed by atoms with van der Waals surface area (Å²) in [6.07, 6.45) is 2.52. The van der Waals surface area contributed by atoms with Gasteiger partial charge in [0.2, 0.25) is 10.0 Å². The zero-order chi connectivity index (χ0) is 13.2. The fourth-order valence-corrected chi connectivity index (χ4v) is 2.05. The highest BCUT2D eigenvalue weighted by atomic mass is 35.5. The fourth-order valence-electron chi connectivity index (χ4n) is 1.36. The summed E-state index contributed by atoms with van der Waals surface area (Å²) in [7, 11) is -3.44. The minimum absolute atomic E-state index is 0.0140. The van der Waals surface area contributed by atoms with Crippen molar-refractivity contribution in [3.8, 4) is 11.3 Å². The van der Waals surface area contributed by atoms with Gasteiger partial charge in [-0.25, -0.2) is 18.4 Å². The van der Waals surface area contributed by atoms with E-state index in [1.807, 2.05) is 30.3 Å². The lowest BCUT2D eigenvalue weighted by molar-refractivity contribution is 0.606. The summed E-state index contributed by atoms with van der Waals surface area (Å²) in [4.78, 5) is 8.06. The van der Waals surface area contributed by atoms with E-state index in [2.05, 4.69) is 14.7 Å². The smallest absolute Gasteiger partial charge is 0.231 e. The van der Waals surface area contributed by atoms with Crippen LogP contribution >= 0.6 is 11.6 Å².